The summed E-state index contributed by atoms with van der Waals surface area (Å²) < 4.78 is 0. The number of hydrogen-bond acceptors (Lipinski definition) is 1. The van der Waals surface area contributed by atoms with Crippen molar-refractivity contribution in [3.05, 3.63) is 42.1 Å². The maximum Gasteiger partial charge on any atom is 0.0929 e. The Morgan fingerprint density at radius 2 is 2.42 bits per heavy atom. The topological polar surface area (TPSA) is 28.7 Å². The van der Waals surface area contributed by atoms with Crippen molar-refractivity contribution < 1.29 is 0 Å². The molecule has 0 saturated heterocycles. The molecule has 1 heterocycles. The lowest BCUT2D eigenvalue weighted by Gasteiger charge is -1.91. The summed E-state index contributed by atoms with van der Waals surface area (Å²) in [5.74, 6) is 0. The Morgan fingerprint density at radius 3 is 3.00 bits per heavy atom. The molecule has 1 N–H and O–H groups in total. The quantitative estimate of drug-likeness (QED) is 0.672. The van der Waals surface area contributed by atoms with Crippen molar-refractivity contribution in [2.75, 3.05) is 0 Å². The van der Waals surface area contributed by atoms with Gasteiger partial charge in [0.2, 0.25) is 0 Å². The van der Waals surface area contributed by atoms with E-state index < -0.39 is 0 Å². The fourth-order valence-electron chi connectivity index (χ4n) is 1.06. The zero-order valence-electron chi connectivity index (χ0n) is 6.76. The van der Waals surface area contributed by atoms with Crippen molar-refractivity contribution in [3.63, 3.8) is 0 Å². The molecule has 1 aromatic heterocycles. The predicted molar refractivity (Wildman–Crippen MR) is 46.4 cm³/mol. The molecular formula is C10H8N2. The largest absolute Gasteiger partial charge is 0.282 e. The lowest BCUT2D eigenvalue weighted by atomic mass is 10.1. The summed E-state index contributed by atoms with van der Waals surface area (Å²) in [7, 11) is 0. The molecule has 12 heavy (non-hydrogen) atoms. The summed E-state index contributed by atoms with van der Waals surface area (Å²) in [6.07, 6.45) is 0. The van der Waals surface area contributed by atoms with Crippen LogP contribution in [-0.4, -0.2) is 10.2 Å². The number of nitrogens with zero attached hydrogens (tertiary/aromatic N) is 1. The van der Waals surface area contributed by atoms with Crippen molar-refractivity contribution in [1.82, 2.24) is 10.2 Å². The summed E-state index contributed by atoms with van der Waals surface area (Å²) in [5.41, 5.74) is 2.99. The first-order chi connectivity index (χ1) is 5.86. The molecule has 0 fully saturated rings. The van der Waals surface area contributed by atoms with E-state index in [0.717, 1.165) is 17.0 Å². The van der Waals surface area contributed by atoms with Crippen LogP contribution in [0, 0.1) is 19.1 Å². The van der Waals surface area contributed by atoms with Crippen LogP contribution in [0.4, 0.5) is 0 Å². The minimum absolute atomic E-state index is 0.932. The summed E-state index contributed by atoms with van der Waals surface area (Å²) in [6, 6.07) is 13.5. The van der Waals surface area contributed by atoms with E-state index in [0.29, 0.717) is 0 Å². The van der Waals surface area contributed by atoms with Crippen LogP contribution in [0.25, 0.3) is 11.3 Å². The van der Waals surface area contributed by atoms with Crippen LogP contribution in [0.5, 0.6) is 0 Å². The first kappa shape index (κ1) is 7.10. The number of aryl methyl sites for hydroxylation is 1. The number of nitrogens with one attached hydrogen (secondary N) is 1. The fraction of sp³-hybridized carbons (Fsp3) is 0.100. The van der Waals surface area contributed by atoms with Crippen LogP contribution in [0.2, 0.25) is 0 Å². The molecule has 0 aliphatic heterocycles. The average molecular weight is 156 g/mol. The van der Waals surface area contributed by atoms with E-state index in [1.54, 1.807) is 6.07 Å². The van der Waals surface area contributed by atoms with Gasteiger partial charge in [-0.3, -0.25) is 5.10 Å². The van der Waals surface area contributed by atoms with E-state index >= 15 is 0 Å². The molecule has 1 aromatic carbocycles. The number of hydrogen-bond donors (Lipinski definition) is 1. The van der Waals surface area contributed by atoms with Crippen molar-refractivity contribution in [2.24, 2.45) is 0 Å². The molecule has 2 heteroatoms. The van der Waals surface area contributed by atoms with Crippen molar-refractivity contribution in [1.29, 1.82) is 0 Å². The van der Waals surface area contributed by atoms with E-state index in [1.165, 1.54) is 0 Å². The van der Waals surface area contributed by atoms with Gasteiger partial charge in [-0.2, -0.15) is 5.10 Å². The van der Waals surface area contributed by atoms with Gasteiger partial charge in [0.05, 0.1) is 5.69 Å². The van der Waals surface area contributed by atoms with Gasteiger partial charge in [-0.05, 0) is 31.2 Å². The highest BCUT2D eigenvalue weighted by atomic mass is 15.1. The van der Waals surface area contributed by atoms with Gasteiger partial charge in [-0.15, -0.1) is 0 Å². The molecule has 2 nitrogen and oxygen atoms in total. The highest BCUT2D eigenvalue weighted by molar-refractivity contribution is 5.57. The fourth-order valence-corrected chi connectivity index (χ4v) is 1.06. The molecule has 0 aliphatic carbocycles. The molecule has 0 atom stereocenters. The maximum atomic E-state index is 4.12. The Bertz CT molecular complexity index is 362. The minimum Gasteiger partial charge on any atom is -0.282 e. The smallest absolute Gasteiger partial charge is 0.0929 e. The maximum absolute atomic E-state index is 4.12. The van der Waals surface area contributed by atoms with E-state index in [1.807, 2.05) is 25.1 Å². The second-order valence-corrected chi connectivity index (χ2v) is 2.64. The summed E-state index contributed by atoms with van der Waals surface area (Å²) in [6.45, 7) is 1.98. The molecule has 0 amide bonds. The number of aromatic nitrogens is 2. The van der Waals surface area contributed by atoms with Gasteiger partial charge in [0.1, 0.15) is 0 Å². The van der Waals surface area contributed by atoms with E-state index in [4.69, 9.17) is 0 Å². The summed E-state index contributed by atoms with van der Waals surface area (Å²) in [4.78, 5) is 0. The minimum atomic E-state index is 0.932. The number of aromatic amines is 1. The van der Waals surface area contributed by atoms with Gasteiger partial charge in [0.15, 0.2) is 0 Å². The van der Waals surface area contributed by atoms with Crippen molar-refractivity contribution in [3.8, 4) is 11.3 Å². The van der Waals surface area contributed by atoms with Crippen LogP contribution in [0.1, 0.15) is 5.69 Å². The first-order valence-electron chi connectivity index (χ1n) is 3.76. The zero-order valence-corrected chi connectivity index (χ0v) is 6.76. The van der Waals surface area contributed by atoms with Crippen LogP contribution in [0.15, 0.2) is 24.3 Å². The van der Waals surface area contributed by atoms with Crippen LogP contribution >= 0.6 is 0 Å². The lowest BCUT2D eigenvalue weighted by Crippen LogP contribution is -1.76. The molecule has 2 radical (unpaired) electrons. The Hall–Kier alpha value is -1.57. The van der Waals surface area contributed by atoms with Crippen LogP contribution in [-0.2, 0) is 0 Å². The third kappa shape index (κ3) is 1.23. The highest BCUT2D eigenvalue weighted by Crippen LogP contribution is 2.15. The molecule has 2 rings (SSSR count). The molecule has 0 unspecified atom stereocenters. The van der Waals surface area contributed by atoms with Crippen LogP contribution < -0.4 is 0 Å². The standard InChI is InChI=1S/C10H8N2/c1-8-7-10(12-11-8)9-5-3-2-4-6-9/h3-5,7H,1H3,(H,11,12). The SMILES string of the molecule is Cc1cc(-c2[c]c[c]cc2)n[nH]1. The Morgan fingerprint density at radius 1 is 1.50 bits per heavy atom. The third-order valence-corrected chi connectivity index (χ3v) is 1.64. The number of benzene rings is 1. The van der Waals surface area contributed by atoms with Crippen molar-refractivity contribution in [2.45, 2.75) is 6.92 Å². The predicted octanol–water partition coefficient (Wildman–Crippen LogP) is 1.99. The monoisotopic (exact) mass is 156 g/mol. The van der Waals surface area contributed by atoms with Crippen LogP contribution in [0.3, 0.4) is 0 Å². The second kappa shape index (κ2) is 2.81. The Kier molecular flexibility index (Phi) is 1.67. The third-order valence-electron chi connectivity index (χ3n) is 1.64. The van der Waals surface area contributed by atoms with E-state index in [-0.39, 0.29) is 0 Å². The average Bonchev–Trinajstić information content (AvgIpc) is 2.54. The number of rotatable bonds is 1. The Balaban J connectivity index is 2.45. The van der Waals surface area contributed by atoms with Gasteiger partial charge >= 0.3 is 0 Å². The molecule has 0 saturated carbocycles. The molecule has 0 aliphatic rings. The molecule has 58 valence electrons. The van der Waals surface area contributed by atoms with Gasteiger partial charge in [0, 0.05) is 11.3 Å². The van der Waals surface area contributed by atoms with E-state index in [9.17, 15) is 0 Å². The molecule has 2 aromatic rings. The van der Waals surface area contributed by atoms with Gasteiger partial charge in [-0.25, -0.2) is 0 Å². The second-order valence-electron chi connectivity index (χ2n) is 2.64. The molecule has 0 spiro atoms. The van der Waals surface area contributed by atoms with Crippen molar-refractivity contribution >= 4 is 0 Å². The van der Waals surface area contributed by atoms with Gasteiger partial charge in [-0.1, -0.05) is 12.1 Å². The number of H-pyrrole nitrogens is 1. The van der Waals surface area contributed by atoms with E-state index in [2.05, 4.69) is 22.3 Å². The van der Waals surface area contributed by atoms with Gasteiger partial charge in [0.25, 0.3) is 0 Å². The van der Waals surface area contributed by atoms with Gasteiger partial charge < -0.3 is 0 Å². The summed E-state index contributed by atoms with van der Waals surface area (Å²) >= 11 is 0. The summed E-state index contributed by atoms with van der Waals surface area (Å²) in [5, 5.41) is 7.00. The molecule has 0 bridgehead atoms. The zero-order chi connectivity index (χ0) is 8.39. The first-order valence-corrected chi connectivity index (χ1v) is 3.76. The molecular weight excluding hydrogens is 148 g/mol. The highest BCUT2D eigenvalue weighted by Gasteiger charge is 1.99. The normalized spacial score (nSPS) is 10.1. The lowest BCUT2D eigenvalue weighted by molar-refractivity contribution is 1.05. The Labute approximate surface area is 71.3 Å².